The van der Waals surface area contributed by atoms with Crippen LogP contribution in [-0.2, 0) is 50.3 Å². The molecule has 0 N–H and O–H groups in total. The molecule has 20 heteroatoms. The van der Waals surface area contributed by atoms with Crippen LogP contribution in [0.2, 0.25) is 0 Å². The average Bonchev–Trinajstić information content (AvgIpc) is 3.44. The molecule has 0 amide bonds. The molecule has 0 unspecified atom stereocenters. The zero-order chi connectivity index (χ0) is 44.4. The van der Waals surface area contributed by atoms with Crippen LogP contribution in [-0.4, -0.2) is 68.7 Å². The molecule has 9 nitrogen and oxygen atoms in total. The van der Waals surface area contributed by atoms with Gasteiger partial charge in [0.15, 0.2) is 0 Å². The topological polar surface area (TPSA) is 104 Å². The number of halogens is 7. The van der Waals surface area contributed by atoms with Crippen LogP contribution in [0.4, 0.5) is 26.3 Å². The summed E-state index contributed by atoms with van der Waals surface area (Å²) in [5, 5.41) is 0. The molecular weight excluding hydrogens is 845 g/mol. The highest BCUT2D eigenvalue weighted by molar-refractivity contribution is 9.10. The van der Waals surface area contributed by atoms with Gasteiger partial charge in [0.05, 0.1) is 49.6 Å². The van der Waals surface area contributed by atoms with E-state index in [1.165, 1.54) is 6.07 Å². The second-order valence-corrected chi connectivity index (χ2v) is 20.7. The zero-order valence-corrected chi connectivity index (χ0v) is 37.9. The summed E-state index contributed by atoms with van der Waals surface area (Å²) in [5.41, 5.74) is -3.89. The van der Waals surface area contributed by atoms with Gasteiger partial charge >= 0.3 is 33.5 Å². The highest BCUT2D eigenvalue weighted by Crippen LogP contribution is 2.43. The van der Waals surface area contributed by atoms with Gasteiger partial charge in [-0.2, -0.15) is 26.3 Å². The number of nitrogens with zero attached hydrogens (tertiary/aromatic N) is 1. The summed E-state index contributed by atoms with van der Waals surface area (Å²) in [4.78, 5) is -0.282. The molecule has 0 aromatic heterocycles. The molecule has 0 radical (unpaired) electrons. The molecular formula is C37H54B3BrF6NO8S-. The van der Waals surface area contributed by atoms with Crippen molar-refractivity contribution in [1.29, 1.82) is 0 Å². The van der Waals surface area contributed by atoms with E-state index in [2.05, 4.69) is 20.7 Å². The molecule has 5 rings (SSSR count). The van der Waals surface area contributed by atoms with Crippen molar-refractivity contribution in [3.63, 3.8) is 0 Å². The maximum absolute atomic E-state index is 12.8. The van der Waals surface area contributed by atoms with Crippen molar-refractivity contribution in [3.05, 3.63) is 62.3 Å². The van der Waals surface area contributed by atoms with Crippen LogP contribution < -0.4 is 5.46 Å². The zero-order valence-electron chi connectivity index (χ0n) is 35.5. The third-order valence-corrected chi connectivity index (χ3v) is 13.4. The molecule has 57 heavy (non-hydrogen) atoms. The van der Waals surface area contributed by atoms with Crippen LogP contribution in [0.3, 0.4) is 0 Å². The second-order valence-electron chi connectivity index (χ2n) is 18.3. The van der Waals surface area contributed by atoms with Gasteiger partial charge in [0.25, 0.3) is 0 Å². The fourth-order valence-electron chi connectivity index (χ4n) is 5.34. The van der Waals surface area contributed by atoms with Crippen LogP contribution in [0.5, 0.6) is 0 Å². The summed E-state index contributed by atoms with van der Waals surface area (Å²) in [6, 6.07) is 5.98. The summed E-state index contributed by atoms with van der Waals surface area (Å²) in [5.74, 6) is 0. The van der Waals surface area contributed by atoms with E-state index in [-0.39, 0.29) is 31.8 Å². The molecule has 0 spiro atoms. The number of sulfonamides is 1. The summed E-state index contributed by atoms with van der Waals surface area (Å²) >= 11 is 2.84. The SMILES string of the molecule is CC(C)(C)[N-]S(=O)(=O)c1ccc(C(F)(F)F)cc1Br.CC1(C)OB(B2OC(C)(C)C(C)(C)O2)OC1(C)C.Cc1ccc(C(F)(F)F)cc1B1OC(C)(C)C(C)(C)O1. The number of alkyl halides is 6. The molecule has 0 saturated carbocycles. The van der Waals surface area contributed by atoms with Gasteiger partial charge in [0, 0.05) is 4.47 Å². The minimum absolute atomic E-state index is 0.157. The number of hydrogen-bond donors (Lipinski definition) is 0. The lowest BCUT2D eigenvalue weighted by Crippen LogP contribution is -2.41. The Morgan fingerprint density at radius 1 is 0.579 bits per heavy atom. The maximum atomic E-state index is 12.8. The molecule has 0 bridgehead atoms. The fraction of sp³-hybridized carbons (Fsp3) is 0.676. The minimum atomic E-state index is -4.52. The Balaban J connectivity index is 0.000000229. The van der Waals surface area contributed by atoms with Gasteiger partial charge in [-0.15, -0.1) is 5.54 Å². The first-order valence-corrected chi connectivity index (χ1v) is 20.5. The first-order chi connectivity index (χ1) is 25.1. The lowest BCUT2D eigenvalue weighted by Gasteiger charge is -2.36. The Bertz CT molecular complexity index is 1800. The van der Waals surface area contributed by atoms with Gasteiger partial charge in [-0.1, -0.05) is 32.4 Å². The lowest BCUT2D eigenvalue weighted by atomic mass is 9.49. The quantitative estimate of drug-likeness (QED) is 0.221. The van der Waals surface area contributed by atoms with Gasteiger partial charge in [0.2, 0.25) is 0 Å². The molecule has 3 aliphatic heterocycles. The van der Waals surface area contributed by atoms with Gasteiger partial charge in [-0.05, 0) is 142 Å². The average molecular weight is 899 g/mol. The molecule has 0 atom stereocenters. The van der Waals surface area contributed by atoms with E-state index < -0.39 is 71.4 Å². The van der Waals surface area contributed by atoms with E-state index in [4.69, 9.17) is 27.9 Å². The summed E-state index contributed by atoms with van der Waals surface area (Å²) < 4.78 is 139. The standard InChI is InChI=1S/C14H18BF3O2.C12H24B2O4.C11H12BrF3NO2S/c1-9-6-7-10(14(16,17)18)8-11(9)15-19-12(2,3)13(4,5)20-15;1-9(2)10(3,4)16-13(15-9)14-17-11(5,6)12(7,8)18-14;1-10(2,3)16-19(17,18)9-5-4-7(6-8(9)12)11(13,14)15/h6-8H,1-5H3;1-8H3;4-6H,1-3H3/q;;-1. The van der Waals surface area contributed by atoms with Crippen molar-refractivity contribution in [2.24, 2.45) is 0 Å². The molecule has 2 aromatic rings. The molecule has 0 aliphatic carbocycles. The Morgan fingerprint density at radius 3 is 1.25 bits per heavy atom. The molecule has 3 saturated heterocycles. The fourth-order valence-corrected chi connectivity index (χ4v) is 7.69. The molecule has 2 aromatic carbocycles. The number of benzene rings is 2. The summed E-state index contributed by atoms with van der Waals surface area (Å²) in [6.45, 7) is 30.2. The largest absolute Gasteiger partial charge is 0.540 e. The Hall–Kier alpha value is -1.64. The number of hydrogen-bond acceptors (Lipinski definition) is 8. The van der Waals surface area contributed by atoms with Crippen molar-refractivity contribution < 1.29 is 62.7 Å². The van der Waals surface area contributed by atoms with Crippen LogP contribution in [0.1, 0.15) is 121 Å². The minimum Gasteiger partial charge on any atom is -0.540 e. The van der Waals surface area contributed by atoms with Crippen molar-refractivity contribution in [3.8, 4) is 0 Å². The number of rotatable bonds is 4. The Kier molecular flexibility index (Phi) is 14.0. The third-order valence-electron chi connectivity index (χ3n) is 10.8. The van der Waals surface area contributed by atoms with E-state index in [9.17, 15) is 34.8 Å². The normalized spacial score (nSPS) is 22.1. The predicted molar refractivity (Wildman–Crippen MR) is 214 cm³/mol. The molecule has 3 fully saturated rings. The van der Waals surface area contributed by atoms with Crippen LogP contribution >= 0.6 is 15.9 Å². The van der Waals surface area contributed by atoms with Gasteiger partial charge < -0.3 is 32.6 Å². The van der Waals surface area contributed by atoms with Crippen LogP contribution in [0.15, 0.2) is 45.8 Å². The van der Waals surface area contributed by atoms with Crippen molar-refractivity contribution in [2.45, 2.75) is 167 Å². The van der Waals surface area contributed by atoms with E-state index in [1.54, 1.807) is 27.7 Å². The Morgan fingerprint density at radius 2 is 0.912 bits per heavy atom. The second kappa shape index (κ2) is 16.0. The molecule has 3 aliphatic rings. The monoisotopic (exact) mass is 898 g/mol. The van der Waals surface area contributed by atoms with E-state index in [0.717, 1.165) is 35.9 Å². The smallest absolute Gasteiger partial charge is 0.495 e. The highest BCUT2D eigenvalue weighted by atomic mass is 79.9. The summed E-state index contributed by atoms with van der Waals surface area (Å²) in [7, 11) is -5.73. The van der Waals surface area contributed by atoms with Gasteiger partial charge in [-0.25, -0.2) is 8.42 Å². The first-order valence-electron chi connectivity index (χ1n) is 18.3. The van der Waals surface area contributed by atoms with Crippen molar-refractivity contribution in [1.82, 2.24) is 0 Å². The van der Waals surface area contributed by atoms with Crippen LogP contribution in [0, 0.1) is 6.92 Å². The van der Waals surface area contributed by atoms with Crippen molar-refractivity contribution in [2.75, 3.05) is 0 Å². The molecule has 320 valence electrons. The van der Waals surface area contributed by atoms with E-state index in [0.29, 0.717) is 5.46 Å². The highest BCUT2D eigenvalue weighted by Gasteiger charge is 2.63. The first kappa shape index (κ1) is 49.7. The lowest BCUT2D eigenvalue weighted by molar-refractivity contribution is -0.138. The van der Waals surface area contributed by atoms with Crippen LogP contribution in [0.25, 0.3) is 4.72 Å². The predicted octanol–water partition coefficient (Wildman–Crippen LogP) is 9.89. The molecule has 3 heterocycles. The maximum Gasteiger partial charge on any atom is 0.495 e. The van der Waals surface area contributed by atoms with Gasteiger partial charge in [-0.3, -0.25) is 0 Å². The van der Waals surface area contributed by atoms with E-state index in [1.807, 2.05) is 83.1 Å². The Labute approximate surface area is 343 Å². The van der Waals surface area contributed by atoms with Crippen molar-refractivity contribution >= 4 is 52.6 Å². The van der Waals surface area contributed by atoms with E-state index >= 15 is 0 Å². The third kappa shape index (κ3) is 11.6. The summed E-state index contributed by atoms with van der Waals surface area (Å²) in [6.07, 6.45) is -8.89. The van der Waals surface area contributed by atoms with Gasteiger partial charge in [0.1, 0.15) is 10.0 Å². The number of aryl methyl sites for hydroxylation is 1.